The van der Waals surface area contributed by atoms with Gasteiger partial charge in [0.2, 0.25) is 5.91 Å². The second-order valence-electron chi connectivity index (χ2n) is 3.19. The smallest absolute Gasteiger partial charge is 0.270 e. The van der Waals surface area contributed by atoms with E-state index in [9.17, 15) is 14.9 Å². The van der Waals surface area contributed by atoms with Crippen LogP contribution in [0.15, 0.2) is 29.8 Å². The molecule has 0 aliphatic heterocycles. The van der Waals surface area contributed by atoms with E-state index in [2.05, 4.69) is 4.98 Å². The SMILES string of the molecule is NC(=O)c1ccc([N+](=O)[O-])cc1-c1nccs1. The molecule has 7 heteroatoms. The highest BCUT2D eigenvalue weighted by atomic mass is 32.1. The second-order valence-corrected chi connectivity index (χ2v) is 4.08. The summed E-state index contributed by atoms with van der Waals surface area (Å²) in [5, 5.41) is 12.9. The standard InChI is InChI=1S/C10H7N3O3S/c11-9(14)7-2-1-6(13(15)16)5-8(7)10-12-3-4-17-10/h1-5H,(H2,11,14). The van der Waals surface area contributed by atoms with Crippen molar-refractivity contribution in [2.45, 2.75) is 0 Å². The summed E-state index contributed by atoms with van der Waals surface area (Å²) < 4.78 is 0. The lowest BCUT2D eigenvalue weighted by Gasteiger charge is -2.03. The van der Waals surface area contributed by atoms with Crippen molar-refractivity contribution in [1.82, 2.24) is 4.98 Å². The molecule has 0 saturated heterocycles. The first-order valence-electron chi connectivity index (χ1n) is 4.57. The molecule has 0 atom stereocenters. The molecule has 2 N–H and O–H groups in total. The van der Waals surface area contributed by atoms with Crippen LogP contribution in [0.25, 0.3) is 10.6 Å². The van der Waals surface area contributed by atoms with E-state index in [0.29, 0.717) is 10.6 Å². The number of hydrogen-bond donors (Lipinski definition) is 1. The van der Waals surface area contributed by atoms with E-state index < -0.39 is 10.8 Å². The fraction of sp³-hybridized carbons (Fsp3) is 0. The molecular weight excluding hydrogens is 242 g/mol. The van der Waals surface area contributed by atoms with Crippen molar-refractivity contribution < 1.29 is 9.72 Å². The maximum atomic E-state index is 11.2. The Balaban J connectivity index is 2.64. The monoisotopic (exact) mass is 249 g/mol. The normalized spacial score (nSPS) is 10.1. The van der Waals surface area contributed by atoms with E-state index in [4.69, 9.17) is 5.73 Å². The maximum Gasteiger partial charge on any atom is 0.270 e. The van der Waals surface area contributed by atoms with Crippen molar-refractivity contribution in [3.63, 3.8) is 0 Å². The number of non-ortho nitro benzene ring substituents is 1. The molecule has 86 valence electrons. The van der Waals surface area contributed by atoms with Crippen molar-refractivity contribution in [3.05, 3.63) is 45.5 Å². The topological polar surface area (TPSA) is 99.1 Å². The lowest BCUT2D eigenvalue weighted by molar-refractivity contribution is -0.384. The van der Waals surface area contributed by atoms with Gasteiger partial charge in [-0.3, -0.25) is 14.9 Å². The molecular formula is C10H7N3O3S. The van der Waals surface area contributed by atoms with Gasteiger partial charge in [-0.25, -0.2) is 4.98 Å². The average molecular weight is 249 g/mol. The zero-order chi connectivity index (χ0) is 12.4. The number of primary amides is 1. The Morgan fingerprint density at radius 2 is 2.24 bits per heavy atom. The molecule has 0 unspecified atom stereocenters. The van der Waals surface area contributed by atoms with Gasteiger partial charge in [0.1, 0.15) is 5.01 Å². The van der Waals surface area contributed by atoms with Crippen LogP contribution in [0.1, 0.15) is 10.4 Å². The Kier molecular flexibility index (Phi) is 2.84. The van der Waals surface area contributed by atoms with Gasteiger partial charge in [0.25, 0.3) is 5.69 Å². The van der Waals surface area contributed by atoms with Gasteiger partial charge in [0, 0.05) is 34.8 Å². The highest BCUT2D eigenvalue weighted by Gasteiger charge is 2.16. The van der Waals surface area contributed by atoms with Gasteiger partial charge < -0.3 is 5.73 Å². The number of carbonyl (C=O) groups excluding carboxylic acids is 1. The Morgan fingerprint density at radius 3 is 2.76 bits per heavy atom. The van der Waals surface area contributed by atoms with Crippen LogP contribution in [-0.2, 0) is 0 Å². The number of rotatable bonds is 3. The highest BCUT2D eigenvalue weighted by molar-refractivity contribution is 7.13. The van der Waals surface area contributed by atoms with Crippen LogP contribution < -0.4 is 5.73 Å². The first-order valence-corrected chi connectivity index (χ1v) is 5.45. The zero-order valence-electron chi connectivity index (χ0n) is 8.49. The Bertz CT molecular complexity index is 580. The molecule has 2 rings (SSSR count). The van der Waals surface area contributed by atoms with Gasteiger partial charge in [-0.1, -0.05) is 0 Å². The summed E-state index contributed by atoms with van der Waals surface area (Å²) in [6.45, 7) is 0. The summed E-state index contributed by atoms with van der Waals surface area (Å²) in [5.74, 6) is -0.634. The number of amides is 1. The first kappa shape index (κ1) is 11.2. The molecule has 17 heavy (non-hydrogen) atoms. The third-order valence-corrected chi connectivity index (χ3v) is 2.95. The van der Waals surface area contributed by atoms with Gasteiger partial charge in [-0.05, 0) is 6.07 Å². The summed E-state index contributed by atoms with van der Waals surface area (Å²) >= 11 is 1.29. The largest absolute Gasteiger partial charge is 0.366 e. The number of nitro groups is 1. The number of hydrogen-bond acceptors (Lipinski definition) is 5. The quantitative estimate of drug-likeness (QED) is 0.662. The van der Waals surface area contributed by atoms with Crippen LogP contribution in [0.4, 0.5) is 5.69 Å². The molecule has 1 aromatic carbocycles. The molecule has 6 nitrogen and oxygen atoms in total. The Hall–Kier alpha value is -2.28. The van der Waals surface area contributed by atoms with Crippen LogP contribution in [-0.4, -0.2) is 15.8 Å². The summed E-state index contributed by atoms with van der Waals surface area (Å²) in [5.41, 5.74) is 5.74. The maximum absolute atomic E-state index is 11.2. The van der Waals surface area contributed by atoms with Crippen molar-refractivity contribution in [2.24, 2.45) is 5.73 Å². The molecule has 0 bridgehead atoms. The molecule has 1 amide bonds. The van der Waals surface area contributed by atoms with E-state index in [0.717, 1.165) is 0 Å². The fourth-order valence-corrected chi connectivity index (χ4v) is 2.06. The second kappa shape index (κ2) is 4.30. The fourth-order valence-electron chi connectivity index (χ4n) is 1.39. The number of nitrogens with two attached hydrogens (primary N) is 1. The molecule has 0 spiro atoms. The number of nitrogens with zero attached hydrogens (tertiary/aromatic N) is 2. The number of nitro benzene ring substituents is 1. The molecule has 0 saturated carbocycles. The minimum absolute atomic E-state index is 0.0970. The van der Waals surface area contributed by atoms with E-state index in [1.807, 2.05) is 0 Å². The molecule has 2 aromatic rings. The van der Waals surface area contributed by atoms with Crippen LogP contribution in [0.2, 0.25) is 0 Å². The summed E-state index contributed by atoms with van der Waals surface area (Å²) in [7, 11) is 0. The predicted molar refractivity (Wildman–Crippen MR) is 62.7 cm³/mol. The van der Waals surface area contributed by atoms with Crippen molar-refractivity contribution in [3.8, 4) is 10.6 Å². The number of thiazole rings is 1. The molecule has 0 fully saturated rings. The van der Waals surface area contributed by atoms with Gasteiger partial charge >= 0.3 is 0 Å². The van der Waals surface area contributed by atoms with E-state index in [-0.39, 0.29) is 11.3 Å². The van der Waals surface area contributed by atoms with E-state index >= 15 is 0 Å². The zero-order valence-corrected chi connectivity index (χ0v) is 9.31. The van der Waals surface area contributed by atoms with E-state index in [1.54, 1.807) is 11.6 Å². The highest BCUT2D eigenvalue weighted by Crippen LogP contribution is 2.29. The Morgan fingerprint density at radius 1 is 1.47 bits per heavy atom. The van der Waals surface area contributed by atoms with Crippen molar-refractivity contribution in [1.29, 1.82) is 0 Å². The molecule has 1 heterocycles. The predicted octanol–water partition coefficient (Wildman–Crippen LogP) is 1.82. The number of aromatic nitrogens is 1. The molecule has 1 aromatic heterocycles. The number of carbonyl (C=O) groups is 1. The van der Waals surface area contributed by atoms with Gasteiger partial charge in [-0.15, -0.1) is 11.3 Å². The lowest BCUT2D eigenvalue weighted by atomic mass is 10.1. The van der Waals surface area contributed by atoms with Crippen LogP contribution in [0.3, 0.4) is 0 Å². The minimum atomic E-state index is -0.634. The molecule has 0 radical (unpaired) electrons. The van der Waals surface area contributed by atoms with E-state index in [1.165, 1.54) is 29.5 Å². The van der Waals surface area contributed by atoms with Crippen LogP contribution in [0.5, 0.6) is 0 Å². The van der Waals surface area contributed by atoms with Gasteiger partial charge in [-0.2, -0.15) is 0 Å². The third kappa shape index (κ3) is 2.13. The van der Waals surface area contributed by atoms with Crippen molar-refractivity contribution >= 4 is 22.9 Å². The first-order chi connectivity index (χ1) is 8.09. The third-order valence-electron chi connectivity index (χ3n) is 2.14. The summed E-state index contributed by atoms with van der Waals surface area (Å²) in [6, 6.07) is 3.90. The summed E-state index contributed by atoms with van der Waals surface area (Å²) in [6.07, 6.45) is 1.56. The molecule has 0 aliphatic carbocycles. The minimum Gasteiger partial charge on any atom is -0.366 e. The summed E-state index contributed by atoms with van der Waals surface area (Å²) in [4.78, 5) is 25.4. The Labute approximate surface area is 99.9 Å². The van der Waals surface area contributed by atoms with Crippen LogP contribution in [0, 0.1) is 10.1 Å². The van der Waals surface area contributed by atoms with Crippen molar-refractivity contribution in [2.75, 3.05) is 0 Å². The van der Waals surface area contributed by atoms with Crippen LogP contribution >= 0.6 is 11.3 Å². The number of benzene rings is 1. The average Bonchev–Trinajstić information content (AvgIpc) is 2.81. The lowest BCUT2D eigenvalue weighted by Crippen LogP contribution is -2.12. The van der Waals surface area contributed by atoms with Gasteiger partial charge in [0.15, 0.2) is 0 Å². The van der Waals surface area contributed by atoms with Gasteiger partial charge in [0.05, 0.1) is 4.92 Å². The molecule has 0 aliphatic rings.